The third-order valence-corrected chi connectivity index (χ3v) is 7.25. The number of carbonyl (C=O) groups is 1. The third kappa shape index (κ3) is 6.00. The van der Waals surface area contributed by atoms with Crippen LogP contribution in [-0.2, 0) is 4.74 Å². The molecule has 3 N–H and O–H groups in total. The zero-order valence-corrected chi connectivity index (χ0v) is 21.3. The summed E-state index contributed by atoms with van der Waals surface area (Å²) >= 11 is 0. The van der Waals surface area contributed by atoms with Gasteiger partial charge in [-0.3, -0.25) is 9.78 Å². The second kappa shape index (κ2) is 11.5. The highest BCUT2D eigenvalue weighted by atomic mass is 19.1. The molecule has 1 aliphatic heterocycles. The summed E-state index contributed by atoms with van der Waals surface area (Å²) < 4.78 is 41.1. The van der Waals surface area contributed by atoms with Gasteiger partial charge in [0.2, 0.25) is 0 Å². The maximum Gasteiger partial charge on any atom is 0.274 e. The standard InChI is InChI=1S/C29H32F2N4O3/c1-17-11-18(13-19(32)12-17)22-5-8-33-16-27(22)35-29(36)26-4-2-3-25(34-26)28-23(30)14-21(15-24(28)31)38-20-6-9-37-10-7-20/h2-5,8,14-20H,6-7,9-13,32H2,1H3,(H,35,36)/t17-,18+,19-/m0/s1. The van der Waals surface area contributed by atoms with Crippen LogP contribution >= 0.6 is 0 Å². The number of pyridine rings is 2. The molecule has 9 heteroatoms. The summed E-state index contributed by atoms with van der Waals surface area (Å²) in [6, 6.07) is 8.85. The summed E-state index contributed by atoms with van der Waals surface area (Å²) in [6.45, 7) is 3.30. The predicted molar refractivity (Wildman–Crippen MR) is 140 cm³/mol. The molecule has 1 aliphatic carbocycles. The Hall–Kier alpha value is -3.43. The van der Waals surface area contributed by atoms with Crippen LogP contribution in [0.15, 0.2) is 48.8 Å². The molecule has 0 bridgehead atoms. The van der Waals surface area contributed by atoms with Crippen LogP contribution in [0.4, 0.5) is 14.5 Å². The molecule has 200 valence electrons. The first-order valence-corrected chi connectivity index (χ1v) is 13.1. The van der Waals surface area contributed by atoms with Crippen molar-refractivity contribution >= 4 is 11.6 Å². The number of benzene rings is 1. The molecule has 2 aromatic heterocycles. The lowest BCUT2D eigenvalue weighted by Crippen LogP contribution is -2.31. The van der Waals surface area contributed by atoms with Gasteiger partial charge in [-0.25, -0.2) is 13.8 Å². The summed E-state index contributed by atoms with van der Waals surface area (Å²) in [5.74, 6) is -1.31. The van der Waals surface area contributed by atoms with E-state index >= 15 is 8.78 Å². The molecule has 3 heterocycles. The zero-order chi connectivity index (χ0) is 26.6. The fourth-order valence-electron chi connectivity index (χ4n) is 5.51. The molecule has 3 aromatic rings. The van der Waals surface area contributed by atoms with E-state index in [0.717, 1.165) is 37.0 Å². The van der Waals surface area contributed by atoms with Gasteiger partial charge < -0.3 is 20.5 Å². The first-order chi connectivity index (χ1) is 18.4. The number of aromatic nitrogens is 2. The Balaban J connectivity index is 1.35. The predicted octanol–water partition coefficient (Wildman–Crippen LogP) is 5.46. The highest BCUT2D eigenvalue weighted by molar-refractivity contribution is 6.03. The third-order valence-electron chi connectivity index (χ3n) is 7.25. The number of hydrogen-bond acceptors (Lipinski definition) is 6. The van der Waals surface area contributed by atoms with Crippen LogP contribution in [0, 0.1) is 17.6 Å². The lowest BCUT2D eigenvalue weighted by atomic mass is 9.76. The van der Waals surface area contributed by atoms with Gasteiger partial charge in [-0.1, -0.05) is 13.0 Å². The molecule has 3 atom stereocenters. The summed E-state index contributed by atoms with van der Waals surface area (Å²) in [6.07, 6.45) is 7.27. The highest BCUT2D eigenvalue weighted by Crippen LogP contribution is 2.38. The first-order valence-electron chi connectivity index (χ1n) is 13.1. The van der Waals surface area contributed by atoms with E-state index in [-0.39, 0.29) is 40.8 Å². The SMILES string of the molecule is C[C@@H]1C[C@H](N)C[C@H](c2ccncc2NC(=O)c2cccc(-c3c(F)cc(OC4CCOCC4)cc3F)n2)C1. The molecule has 1 saturated carbocycles. The van der Waals surface area contributed by atoms with Gasteiger partial charge in [-0.15, -0.1) is 0 Å². The van der Waals surface area contributed by atoms with Crippen molar-refractivity contribution in [3.63, 3.8) is 0 Å². The van der Waals surface area contributed by atoms with Crippen molar-refractivity contribution < 1.29 is 23.0 Å². The minimum absolute atomic E-state index is 0.0174. The largest absolute Gasteiger partial charge is 0.490 e. The number of carbonyl (C=O) groups excluding carboxylic acids is 1. The number of nitrogens with two attached hydrogens (primary N) is 1. The number of rotatable bonds is 6. The Morgan fingerprint density at radius 3 is 2.61 bits per heavy atom. The van der Waals surface area contributed by atoms with Crippen molar-refractivity contribution in [2.45, 2.75) is 57.1 Å². The molecule has 0 spiro atoms. The smallest absolute Gasteiger partial charge is 0.274 e. The number of amides is 1. The van der Waals surface area contributed by atoms with Gasteiger partial charge in [0.15, 0.2) is 0 Å². The van der Waals surface area contributed by atoms with Crippen molar-refractivity contribution in [1.82, 2.24) is 9.97 Å². The minimum Gasteiger partial charge on any atom is -0.490 e. The van der Waals surface area contributed by atoms with Crippen molar-refractivity contribution in [3.8, 4) is 17.0 Å². The van der Waals surface area contributed by atoms with Crippen molar-refractivity contribution in [3.05, 3.63) is 71.7 Å². The Morgan fingerprint density at radius 1 is 1.11 bits per heavy atom. The second-order valence-electron chi connectivity index (χ2n) is 10.3. The lowest BCUT2D eigenvalue weighted by molar-refractivity contribution is 0.0253. The number of halogens is 2. The van der Waals surface area contributed by atoms with Gasteiger partial charge in [0.25, 0.3) is 5.91 Å². The van der Waals surface area contributed by atoms with E-state index in [4.69, 9.17) is 15.2 Å². The molecule has 1 aromatic carbocycles. The van der Waals surface area contributed by atoms with Gasteiger partial charge in [0.1, 0.15) is 29.2 Å². The summed E-state index contributed by atoms with van der Waals surface area (Å²) in [4.78, 5) is 21.6. The van der Waals surface area contributed by atoms with Gasteiger partial charge in [0.05, 0.1) is 36.4 Å². The molecule has 1 saturated heterocycles. The van der Waals surface area contributed by atoms with Crippen LogP contribution in [-0.4, -0.2) is 41.2 Å². The Kier molecular flexibility index (Phi) is 7.95. The Labute approximate surface area is 220 Å². The summed E-state index contributed by atoms with van der Waals surface area (Å²) in [5.41, 5.74) is 7.56. The second-order valence-corrected chi connectivity index (χ2v) is 10.3. The van der Waals surface area contributed by atoms with E-state index in [9.17, 15) is 4.79 Å². The maximum absolute atomic E-state index is 15.0. The van der Waals surface area contributed by atoms with E-state index in [1.165, 1.54) is 12.1 Å². The van der Waals surface area contributed by atoms with Gasteiger partial charge in [0, 0.05) is 37.2 Å². The van der Waals surface area contributed by atoms with E-state index in [0.29, 0.717) is 37.7 Å². The number of nitrogens with zero attached hydrogens (tertiary/aromatic N) is 2. The molecule has 0 unspecified atom stereocenters. The Morgan fingerprint density at radius 2 is 1.87 bits per heavy atom. The topological polar surface area (TPSA) is 99.4 Å². The van der Waals surface area contributed by atoms with Gasteiger partial charge >= 0.3 is 0 Å². The van der Waals surface area contributed by atoms with E-state index < -0.39 is 17.5 Å². The monoisotopic (exact) mass is 522 g/mol. The van der Waals surface area contributed by atoms with Crippen LogP contribution in [0.3, 0.4) is 0 Å². The quantitative estimate of drug-likeness (QED) is 0.446. The van der Waals surface area contributed by atoms with Crippen LogP contribution in [0.1, 0.15) is 61.0 Å². The normalized spacial score (nSPS) is 22.2. The summed E-state index contributed by atoms with van der Waals surface area (Å²) in [5, 5.41) is 2.89. The van der Waals surface area contributed by atoms with E-state index in [2.05, 4.69) is 22.2 Å². The lowest BCUT2D eigenvalue weighted by Gasteiger charge is -2.32. The summed E-state index contributed by atoms with van der Waals surface area (Å²) in [7, 11) is 0. The first kappa shape index (κ1) is 26.2. The zero-order valence-electron chi connectivity index (χ0n) is 21.3. The van der Waals surface area contributed by atoms with E-state index in [1.807, 2.05) is 6.07 Å². The van der Waals surface area contributed by atoms with Crippen molar-refractivity contribution in [2.75, 3.05) is 18.5 Å². The van der Waals surface area contributed by atoms with Crippen molar-refractivity contribution in [2.24, 2.45) is 11.7 Å². The number of hydrogen-bond donors (Lipinski definition) is 2. The number of ether oxygens (including phenoxy) is 2. The average Bonchev–Trinajstić information content (AvgIpc) is 2.89. The van der Waals surface area contributed by atoms with Crippen LogP contribution in [0.2, 0.25) is 0 Å². The molecule has 1 amide bonds. The fourth-order valence-corrected chi connectivity index (χ4v) is 5.51. The average molecular weight is 523 g/mol. The molecule has 2 fully saturated rings. The molecular formula is C29H32F2N4O3. The molecule has 5 rings (SSSR count). The number of anilines is 1. The van der Waals surface area contributed by atoms with E-state index in [1.54, 1.807) is 18.5 Å². The minimum atomic E-state index is -0.811. The molecule has 2 aliphatic rings. The van der Waals surface area contributed by atoms with Gasteiger partial charge in [-0.05, 0) is 54.9 Å². The van der Waals surface area contributed by atoms with Crippen LogP contribution < -0.4 is 15.8 Å². The highest BCUT2D eigenvalue weighted by Gasteiger charge is 2.28. The van der Waals surface area contributed by atoms with Crippen molar-refractivity contribution in [1.29, 1.82) is 0 Å². The Bertz CT molecular complexity index is 1270. The molecule has 7 nitrogen and oxygen atoms in total. The molecular weight excluding hydrogens is 490 g/mol. The van der Waals surface area contributed by atoms with Crippen LogP contribution in [0.5, 0.6) is 5.75 Å². The van der Waals surface area contributed by atoms with Gasteiger partial charge in [-0.2, -0.15) is 0 Å². The molecule has 38 heavy (non-hydrogen) atoms. The fraction of sp³-hybridized carbons (Fsp3) is 0.414. The van der Waals surface area contributed by atoms with Crippen LogP contribution in [0.25, 0.3) is 11.3 Å². The maximum atomic E-state index is 15.0. The number of nitrogens with one attached hydrogen (secondary N) is 1. The molecule has 0 radical (unpaired) electrons.